The number of rotatable bonds is 6. The van der Waals surface area contributed by atoms with Crippen LogP contribution in [0.1, 0.15) is 23.1 Å². The standard InChI is InChI=1S/C27H22F3N3O3/c28-27(29,30)23-15-20(8-9-22(23)18-4-2-1-3-5-18)26-31-25(32-36-26)19-7-6-17-10-12-33(13-11-24(34)35)16-21(17)14-19/h1-9,14-15H,10-13,16H2,(H,34,35). The number of fused-ring (bicyclic) bond motifs is 1. The minimum Gasteiger partial charge on any atom is -0.481 e. The van der Waals surface area contributed by atoms with E-state index in [-0.39, 0.29) is 29.3 Å². The van der Waals surface area contributed by atoms with E-state index in [1.54, 1.807) is 36.4 Å². The van der Waals surface area contributed by atoms with Gasteiger partial charge in [0.15, 0.2) is 0 Å². The molecule has 0 bridgehead atoms. The molecule has 0 unspecified atom stereocenters. The predicted octanol–water partition coefficient (Wildman–Crippen LogP) is 5.92. The molecule has 184 valence electrons. The first kappa shape index (κ1) is 23.7. The van der Waals surface area contributed by atoms with Gasteiger partial charge in [-0.1, -0.05) is 53.7 Å². The van der Waals surface area contributed by atoms with Crippen LogP contribution in [0.5, 0.6) is 0 Å². The van der Waals surface area contributed by atoms with E-state index in [0.717, 1.165) is 24.6 Å². The van der Waals surface area contributed by atoms with Gasteiger partial charge in [0.25, 0.3) is 5.89 Å². The molecule has 0 saturated carbocycles. The third-order valence-electron chi connectivity index (χ3n) is 6.28. The van der Waals surface area contributed by atoms with Crippen LogP contribution < -0.4 is 0 Å². The van der Waals surface area contributed by atoms with Gasteiger partial charge in [0, 0.05) is 30.8 Å². The van der Waals surface area contributed by atoms with E-state index in [4.69, 9.17) is 9.63 Å². The number of carboxylic acid groups (broad SMARTS) is 1. The fraction of sp³-hybridized carbons (Fsp3) is 0.222. The van der Waals surface area contributed by atoms with Crippen molar-refractivity contribution >= 4 is 5.97 Å². The lowest BCUT2D eigenvalue weighted by Gasteiger charge is -2.28. The second-order valence-corrected chi connectivity index (χ2v) is 8.70. The quantitative estimate of drug-likeness (QED) is 0.359. The molecular weight excluding hydrogens is 471 g/mol. The molecular formula is C27H22F3N3O3. The molecule has 0 atom stereocenters. The Labute approximate surface area is 205 Å². The third kappa shape index (κ3) is 5.01. The molecule has 6 nitrogen and oxygen atoms in total. The highest BCUT2D eigenvalue weighted by atomic mass is 19.4. The molecule has 4 aromatic rings. The summed E-state index contributed by atoms with van der Waals surface area (Å²) in [6.07, 6.45) is -3.68. The Balaban J connectivity index is 1.43. The molecule has 1 aliphatic rings. The van der Waals surface area contributed by atoms with E-state index in [0.29, 0.717) is 24.2 Å². The Morgan fingerprint density at radius 3 is 2.50 bits per heavy atom. The topological polar surface area (TPSA) is 79.5 Å². The predicted molar refractivity (Wildman–Crippen MR) is 127 cm³/mol. The largest absolute Gasteiger partial charge is 0.481 e. The number of hydrogen-bond acceptors (Lipinski definition) is 5. The van der Waals surface area contributed by atoms with Crippen molar-refractivity contribution in [3.8, 4) is 34.0 Å². The number of benzene rings is 3. The normalized spacial score (nSPS) is 14.0. The molecule has 0 aliphatic carbocycles. The van der Waals surface area contributed by atoms with Crippen LogP contribution in [0.4, 0.5) is 13.2 Å². The number of aliphatic carboxylic acids is 1. The summed E-state index contributed by atoms with van der Waals surface area (Å²) in [7, 11) is 0. The van der Waals surface area contributed by atoms with Crippen LogP contribution in [0, 0.1) is 0 Å². The summed E-state index contributed by atoms with van der Waals surface area (Å²) in [5.74, 6) is -0.563. The summed E-state index contributed by atoms with van der Waals surface area (Å²) in [5, 5.41) is 13.0. The number of carboxylic acids is 1. The van der Waals surface area contributed by atoms with Crippen LogP contribution in [0.15, 0.2) is 71.3 Å². The SMILES string of the molecule is O=C(O)CCN1CCc2ccc(-c3noc(-c4ccc(-c5ccccc5)c(C(F)(F)F)c4)n3)cc2C1. The summed E-state index contributed by atoms with van der Waals surface area (Å²) < 4.78 is 47.0. The first-order chi connectivity index (χ1) is 17.3. The molecule has 2 heterocycles. The zero-order valence-corrected chi connectivity index (χ0v) is 19.1. The number of nitrogens with zero attached hydrogens (tertiary/aromatic N) is 3. The number of alkyl halides is 3. The van der Waals surface area contributed by atoms with Gasteiger partial charge in [-0.15, -0.1) is 0 Å². The lowest BCUT2D eigenvalue weighted by molar-refractivity contribution is -0.138. The number of carbonyl (C=O) groups is 1. The highest BCUT2D eigenvalue weighted by molar-refractivity contribution is 5.72. The number of halogens is 3. The molecule has 36 heavy (non-hydrogen) atoms. The molecule has 1 aliphatic heterocycles. The Hall–Kier alpha value is -3.98. The molecule has 0 amide bonds. The van der Waals surface area contributed by atoms with Crippen molar-refractivity contribution in [3.05, 3.63) is 83.4 Å². The highest BCUT2D eigenvalue weighted by Gasteiger charge is 2.34. The average Bonchev–Trinajstić information content (AvgIpc) is 3.37. The molecule has 0 fully saturated rings. The first-order valence-electron chi connectivity index (χ1n) is 11.4. The van der Waals surface area contributed by atoms with Crippen LogP contribution in [0.25, 0.3) is 34.0 Å². The van der Waals surface area contributed by atoms with E-state index in [9.17, 15) is 18.0 Å². The number of aromatic nitrogens is 2. The van der Waals surface area contributed by atoms with Gasteiger partial charge in [-0.2, -0.15) is 18.2 Å². The molecule has 0 spiro atoms. The van der Waals surface area contributed by atoms with Crippen molar-refractivity contribution in [1.82, 2.24) is 15.0 Å². The van der Waals surface area contributed by atoms with Crippen molar-refractivity contribution in [2.45, 2.75) is 25.6 Å². The lowest BCUT2D eigenvalue weighted by atomic mass is 9.96. The molecule has 0 radical (unpaired) electrons. The van der Waals surface area contributed by atoms with Crippen molar-refractivity contribution in [1.29, 1.82) is 0 Å². The van der Waals surface area contributed by atoms with E-state index >= 15 is 0 Å². The average molecular weight is 493 g/mol. The Bertz CT molecular complexity index is 1400. The summed E-state index contributed by atoms with van der Waals surface area (Å²) in [6.45, 7) is 1.86. The van der Waals surface area contributed by atoms with Crippen molar-refractivity contribution < 1.29 is 27.6 Å². The Morgan fingerprint density at radius 2 is 1.75 bits per heavy atom. The van der Waals surface area contributed by atoms with Gasteiger partial charge in [-0.3, -0.25) is 9.69 Å². The molecule has 3 aromatic carbocycles. The van der Waals surface area contributed by atoms with Crippen LogP contribution in [0.2, 0.25) is 0 Å². The minimum absolute atomic E-state index is 0.00378. The molecule has 0 saturated heterocycles. The fourth-order valence-electron chi connectivity index (χ4n) is 4.44. The smallest absolute Gasteiger partial charge is 0.417 e. The number of hydrogen-bond donors (Lipinski definition) is 1. The second-order valence-electron chi connectivity index (χ2n) is 8.70. The maximum absolute atomic E-state index is 13.9. The maximum atomic E-state index is 13.9. The highest BCUT2D eigenvalue weighted by Crippen LogP contribution is 2.39. The van der Waals surface area contributed by atoms with Gasteiger partial charge in [-0.25, -0.2) is 0 Å². The van der Waals surface area contributed by atoms with Gasteiger partial charge >= 0.3 is 12.1 Å². The van der Waals surface area contributed by atoms with Crippen molar-refractivity contribution in [2.24, 2.45) is 0 Å². The Morgan fingerprint density at radius 1 is 0.972 bits per heavy atom. The van der Waals surface area contributed by atoms with Gasteiger partial charge in [0.2, 0.25) is 5.82 Å². The maximum Gasteiger partial charge on any atom is 0.417 e. The molecule has 1 aromatic heterocycles. The van der Waals surface area contributed by atoms with Gasteiger partial charge in [0.05, 0.1) is 12.0 Å². The second kappa shape index (κ2) is 9.58. The van der Waals surface area contributed by atoms with Crippen LogP contribution in [0.3, 0.4) is 0 Å². The van der Waals surface area contributed by atoms with Crippen LogP contribution >= 0.6 is 0 Å². The Kier molecular flexibility index (Phi) is 6.32. The molecule has 1 N–H and O–H groups in total. The van der Waals surface area contributed by atoms with Gasteiger partial charge in [-0.05, 0) is 46.9 Å². The van der Waals surface area contributed by atoms with Crippen molar-refractivity contribution in [3.63, 3.8) is 0 Å². The van der Waals surface area contributed by atoms with Crippen LogP contribution in [-0.4, -0.2) is 39.2 Å². The zero-order valence-electron chi connectivity index (χ0n) is 19.1. The fourth-order valence-corrected chi connectivity index (χ4v) is 4.44. The van der Waals surface area contributed by atoms with Gasteiger partial charge in [0.1, 0.15) is 0 Å². The lowest BCUT2D eigenvalue weighted by Crippen LogP contribution is -2.32. The van der Waals surface area contributed by atoms with Crippen molar-refractivity contribution in [2.75, 3.05) is 13.1 Å². The van der Waals surface area contributed by atoms with Gasteiger partial charge < -0.3 is 9.63 Å². The summed E-state index contributed by atoms with van der Waals surface area (Å²) in [6, 6.07) is 18.2. The van der Waals surface area contributed by atoms with E-state index < -0.39 is 17.7 Å². The van der Waals surface area contributed by atoms with E-state index in [2.05, 4.69) is 15.0 Å². The molecule has 5 rings (SSSR count). The monoisotopic (exact) mass is 493 g/mol. The minimum atomic E-state index is -4.56. The third-order valence-corrected chi connectivity index (χ3v) is 6.28. The zero-order chi connectivity index (χ0) is 25.3. The first-order valence-corrected chi connectivity index (χ1v) is 11.4. The molecule has 9 heteroatoms. The van der Waals surface area contributed by atoms with E-state index in [1.165, 1.54) is 11.6 Å². The summed E-state index contributed by atoms with van der Waals surface area (Å²) >= 11 is 0. The van der Waals surface area contributed by atoms with Crippen LogP contribution in [-0.2, 0) is 23.9 Å². The van der Waals surface area contributed by atoms with E-state index in [1.807, 2.05) is 18.2 Å². The summed E-state index contributed by atoms with van der Waals surface area (Å²) in [4.78, 5) is 17.3. The summed E-state index contributed by atoms with van der Waals surface area (Å²) in [5.41, 5.74) is 2.84.